The number of likely N-dealkylation sites (tertiary alicyclic amines) is 1. The number of hydrogen-bond acceptors (Lipinski definition) is 5. The normalized spacial score (nSPS) is 14.6. The summed E-state index contributed by atoms with van der Waals surface area (Å²) in [5, 5.41) is 0. The summed E-state index contributed by atoms with van der Waals surface area (Å²) >= 11 is 0. The van der Waals surface area contributed by atoms with Gasteiger partial charge < -0.3 is 14.4 Å². The molecule has 0 N–H and O–H groups in total. The van der Waals surface area contributed by atoms with Crippen molar-refractivity contribution in [2.45, 2.75) is 32.4 Å². The van der Waals surface area contributed by atoms with Crippen LogP contribution in [0.2, 0.25) is 0 Å². The maximum absolute atomic E-state index is 12.6. The number of aromatic nitrogens is 2. The van der Waals surface area contributed by atoms with Crippen LogP contribution >= 0.6 is 0 Å². The fourth-order valence-corrected chi connectivity index (χ4v) is 3.80. The molecule has 2 aromatic heterocycles. The number of carbonyl (C=O) groups excluding carboxylic acids is 1. The lowest BCUT2D eigenvalue weighted by molar-refractivity contribution is -0.137. The number of carbonyl (C=O) groups is 1. The quantitative estimate of drug-likeness (QED) is 0.453. The molecule has 0 unspecified atom stereocenters. The third kappa shape index (κ3) is 6.24. The summed E-state index contributed by atoms with van der Waals surface area (Å²) in [6.45, 7) is 3.29. The molecule has 0 radical (unpaired) electrons. The highest BCUT2D eigenvalue weighted by molar-refractivity contribution is 5.70. The van der Waals surface area contributed by atoms with E-state index in [-0.39, 0.29) is 5.88 Å². The Balaban J connectivity index is 1.25. The van der Waals surface area contributed by atoms with Crippen LogP contribution in [0.25, 0.3) is 0 Å². The molecule has 6 nitrogen and oxygen atoms in total. The van der Waals surface area contributed by atoms with Crippen LogP contribution in [0.15, 0.2) is 60.9 Å². The predicted molar refractivity (Wildman–Crippen MR) is 119 cm³/mol. The molecular formula is C25H24F3N3O3. The Morgan fingerprint density at radius 1 is 1.03 bits per heavy atom. The second-order valence-electron chi connectivity index (χ2n) is 8.28. The summed E-state index contributed by atoms with van der Waals surface area (Å²) in [4.78, 5) is 22.3. The first-order valence-corrected chi connectivity index (χ1v) is 11.0. The minimum atomic E-state index is -4.45. The Kier molecular flexibility index (Phi) is 7.00. The summed E-state index contributed by atoms with van der Waals surface area (Å²) in [5.74, 6) is 1.22. The number of amides is 1. The molecule has 1 aliphatic heterocycles. The first-order valence-electron chi connectivity index (χ1n) is 11.0. The van der Waals surface area contributed by atoms with Gasteiger partial charge in [-0.25, -0.2) is 9.78 Å². The Morgan fingerprint density at radius 2 is 1.74 bits per heavy atom. The number of nitrogens with zero attached hydrogens (tertiary/aromatic N) is 3. The zero-order valence-corrected chi connectivity index (χ0v) is 18.6. The van der Waals surface area contributed by atoms with Crippen LogP contribution in [0.4, 0.5) is 18.0 Å². The molecule has 0 aliphatic carbocycles. The summed E-state index contributed by atoms with van der Waals surface area (Å²) in [7, 11) is 0. The topological polar surface area (TPSA) is 64.6 Å². The number of ether oxygens (including phenoxy) is 2. The lowest BCUT2D eigenvalue weighted by Crippen LogP contribution is -2.40. The zero-order chi connectivity index (χ0) is 24.1. The highest BCUT2D eigenvalue weighted by Crippen LogP contribution is 2.30. The van der Waals surface area contributed by atoms with Crippen molar-refractivity contribution < 1.29 is 27.4 Å². The number of aryl methyl sites for hydroxylation is 1. The molecule has 0 saturated carbocycles. The number of alkyl halides is 3. The molecule has 1 aromatic carbocycles. The highest BCUT2D eigenvalue weighted by atomic mass is 19.4. The molecule has 1 saturated heterocycles. The van der Waals surface area contributed by atoms with Gasteiger partial charge in [0.15, 0.2) is 0 Å². The van der Waals surface area contributed by atoms with Gasteiger partial charge in [-0.05, 0) is 80.1 Å². The lowest BCUT2D eigenvalue weighted by atomic mass is 9.92. The minimum Gasteiger partial charge on any atom is -0.439 e. The van der Waals surface area contributed by atoms with Crippen molar-refractivity contribution in [3.8, 4) is 17.4 Å². The molecule has 3 aromatic rings. The molecule has 1 fully saturated rings. The van der Waals surface area contributed by atoms with E-state index in [4.69, 9.17) is 9.47 Å². The van der Waals surface area contributed by atoms with Crippen LogP contribution in [0.1, 0.15) is 29.7 Å². The van der Waals surface area contributed by atoms with Gasteiger partial charge in [0.1, 0.15) is 11.5 Å². The standard InChI is InChI=1S/C25H24F3N3O3/c1-17-8-11-29-20(14-17)15-18-9-12-31(13-10-18)24(32)34-22-5-3-21(4-6-22)33-23-7-2-19(16-30-23)25(26,27)28/h2-8,11,14,16,18H,9-10,12-13,15H2,1H3. The van der Waals surface area contributed by atoms with Crippen LogP contribution in [0, 0.1) is 12.8 Å². The maximum Gasteiger partial charge on any atom is 0.417 e. The number of rotatable bonds is 5. The van der Waals surface area contributed by atoms with Gasteiger partial charge >= 0.3 is 12.3 Å². The molecule has 1 amide bonds. The molecule has 1 aliphatic rings. The summed E-state index contributed by atoms with van der Waals surface area (Å²) < 4.78 is 48.8. The number of hydrogen-bond donors (Lipinski definition) is 0. The second-order valence-corrected chi connectivity index (χ2v) is 8.28. The SMILES string of the molecule is Cc1ccnc(CC2CCN(C(=O)Oc3ccc(Oc4ccc(C(F)(F)F)cn4)cc3)CC2)c1. The van der Waals surface area contributed by atoms with Crippen LogP contribution in [0.5, 0.6) is 17.4 Å². The largest absolute Gasteiger partial charge is 0.439 e. The average molecular weight is 471 g/mol. The fraction of sp³-hybridized carbons (Fsp3) is 0.320. The van der Waals surface area contributed by atoms with Gasteiger partial charge in [0.2, 0.25) is 5.88 Å². The maximum atomic E-state index is 12.6. The molecule has 3 heterocycles. The number of halogens is 3. The molecule has 4 rings (SSSR count). The van der Waals surface area contributed by atoms with E-state index in [9.17, 15) is 18.0 Å². The van der Waals surface area contributed by atoms with Gasteiger partial charge in [0.25, 0.3) is 0 Å². The Morgan fingerprint density at radius 3 is 2.35 bits per heavy atom. The van der Waals surface area contributed by atoms with Crippen LogP contribution < -0.4 is 9.47 Å². The first-order chi connectivity index (χ1) is 16.3. The van der Waals surface area contributed by atoms with Crippen molar-refractivity contribution >= 4 is 6.09 Å². The number of pyridine rings is 2. The van der Waals surface area contributed by atoms with Crippen LogP contribution in [0.3, 0.4) is 0 Å². The van der Waals surface area contributed by atoms with Crippen molar-refractivity contribution in [2.24, 2.45) is 5.92 Å². The van der Waals surface area contributed by atoms with E-state index >= 15 is 0 Å². The average Bonchev–Trinajstić information content (AvgIpc) is 2.81. The van der Waals surface area contributed by atoms with Crippen molar-refractivity contribution in [1.29, 1.82) is 0 Å². The smallest absolute Gasteiger partial charge is 0.417 e. The van der Waals surface area contributed by atoms with E-state index in [2.05, 4.69) is 16.0 Å². The Labute approximate surface area is 195 Å². The van der Waals surface area contributed by atoms with E-state index in [1.165, 1.54) is 5.56 Å². The molecule has 178 valence electrons. The monoisotopic (exact) mass is 471 g/mol. The first kappa shape index (κ1) is 23.5. The molecule has 9 heteroatoms. The van der Waals surface area contributed by atoms with Crippen molar-refractivity contribution in [2.75, 3.05) is 13.1 Å². The zero-order valence-electron chi connectivity index (χ0n) is 18.6. The Hall–Kier alpha value is -3.62. The molecule has 0 bridgehead atoms. The minimum absolute atomic E-state index is 0.0291. The fourth-order valence-electron chi connectivity index (χ4n) is 3.80. The lowest BCUT2D eigenvalue weighted by Gasteiger charge is -2.31. The van der Waals surface area contributed by atoms with Crippen molar-refractivity contribution in [1.82, 2.24) is 14.9 Å². The second kappa shape index (κ2) is 10.1. The van der Waals surface area contributed by atoms with Crippen molar-refractivity contribution in [3.05, 3.63) is 77.7 Å². The van der Waals surface area contributed by atoms with E-state index in [1.54, 1.807) is 29.2 Å². The highest BCUT2D eigenvalue weighted by Gasteiger charge is 2.30. The molecular weight excluding hydrogens is 447 g/mol. The van der Waals surface area contributed by atoms with E-state index < -0.39 is 17.8 Å². The van der Waals surface area contributed by atoms with E-state index in [1.807, 2.05) is 19.2 Å². The third-order valence-electron chi connectivity index (χ3n) is 5.66. The molecule has 34 heavy (non-hydrogen) atoms. The summed E-state index contributed by atoms with van der Waals surface area (Å²) in [5.41, 5.74) is 1.42. The van der Waals surface area contributed by atoms with E-state index in [0.717, 1.165) is 37.1 Å². The number of piperidine rings is 1. The molecule has 0 spiro atoms. The van der Waals surface area contributed by atoms with Gasteiger partial charge in [-0.3, -0.25) is 4.98 Å². The van der Waals surface area contributed by atoms with Crippen molar-refractivity contribution in [3.63, 3.8) is 0 Å². The van der Waals surface area contributed by atoms with Crippen LogP contribution in [-0.4, -0.2) is 34.1 Å². The summed E-state index contributed by atoms with van der Waals surface area (Å²) in [6.07, 6.45) is 0.351. The number of benzene rings is 1. The van der Waals surface area contributed by atoms with Gasteiger partial charge in [-0.15, -0.1) is 0 Å². The van der Waals surface area contributed by atoms with Crippen LogP contribution in [-0.2, 0) is 12.6 Å². The predicted octanol–water partition coefficient (Wildman–Crippen LogP) is 6.05. The van der Waals surface area contributed by atoms with E-state index in [0.29, 0.717) is 36.7 Å². The van der Waals surface area contributed by atoms with Gasteiger partial charge in [-0.2, -0.15) is 13.2 Å². The van der Waals surface area contributed by atoms with Gasteiger partial charge in [0, 0.05) is 37.2 Å². The molecule has 0 atom stereocenters. The van der Waals surface area contributed by atoms with Gasteiger partial charge in [-0.1, -0.05) is 0 Å². The Bertz CT molecular complexity index is 1110. The summed E-state index contributed by atoms with van der Waals surface area (Å²) in [6, 6.07) is 12.4. The van der Waals surface area contributed by atoms with Gasteiger partial charge in [0.05, 0.1) is 5.56 Å². The third-order valence-corrected chi connectivity index (χ3v) is 5.66.